The van der Waals surface area contributed by atoms with Gasteiger partial charge in [-0.2, -0.15) is 0 Å². The van der Waals surface area contributed by atoms with E-state index in [0.717, 1.165) is 0 Å². The highest BCUT2D eigenvalue weighted by atomic mass is 15.2. The summed E-state index contributed by atoms with van der Waals surface area (Å²) in [6.45, 7) is 10.2. The van der Waals surface area contributed by atoms with Crippen LogP contribution in [0.25, 0.3) is 0 Å². The van der Waals surface area contributed by atoms with Crippen LogP contribution in [0.5, 0.6) is 0 Å². The maximum Gasteiger partial charge on any atom is 0.0175 e. The third-order valence-corrected chi connectivity index (χ3v) is 6.40. The molecule has 0 saturated carbocycles. The molecular formula is C18H28N2. The highest BCUT2D eigenvalue weighted by Gasteiger charge is 2.52. The summed E-state index contributed by atoms with van der Waals surface area (Å²) in [6.07, 6.45) is 13.4. The molecule has 0 bridgehead atoms. The number of hydrogen-bond donors (Lipinski definition) is 0. The summed E-state index contributed by atoms with van der Waals surface area (Å²) in [5.74, 6) is 0. The Kier molecular flexibility index (Phi) is 2.74. The van der Waals surface area contributed by atoms with Gasteiger partial charge < -0.3 is 9.80 Å². The Balaban J connectivity index is 1.57. The molecule has 0 aromatic carbocycles. The van der Waals surface area contributed by atoms with Crippen molar-refractivity contribution in [1.29, 1.82) is 0 Å². The predicted octanol–water partition coefficient (Wildman–Crippen LogP) is 3.77. The van der Waals surface area contributed by atoms with Crippen molar-refractivity contribution >= 4 is 0 Å². The summed E-state index contributed by atoms with van der Waals surface area (Å²) in [5, 5.41) is 0. The van der Waals surface area contributed by atoms with Crippen molar-refractivity contribution in [1.82, 2.24) is 9.80 Å². The lowest BCUT2D eigenvalue weighted by molar-refractivity contribution is 0.218. The van der Waals surface area contributed by atoms with E-state index in [2.05, 4.69) is 35.8 Å². The zero-order chi connectivity index (χ0) is 13.8. The highest BCUT2D eigenvalue weighted by Crippen LogP contribution is 2.60. The van der Waals surface area contributed by atoms with Crippen LogP contribution in [0.1, 0.15) is 52.4 Å². The second-order valence-corrected chi connectivity index (χ2v) is 7.85. The van der Waals surface area contributed by atoms with Gasteiger partial charge in [0.05, 0.1) is 0 Å². The molecule has 0 unspecified atom stereocenters. The van der Waals surface area contributed by atoms with E-state index in [1.54, 1.807) is 11.4 Å². The molecule has 0 aromatic rings. The molecule has 2 saturated heterocycles. The minimum Gasteiger partial charge on any atom is -0.375 e. The monoisotopic (exact) mass is 272 g/mol. The van der Waals surface area contributed by atoms with E-state index in [-0.39, 0.29) is 0 Å². The normalized spacial score (nSPS) is 40.3. The summed E-state index contributed by atoms with van der Waals surface area (Å²) in [5.41, 5.74) is 4.01. The number of nitrogens with zero attached hydrogens (tertiary/aromatic N) is 2. The van der Waals surface area contributed by atoms with Crippen molar-refractivity contribution in [3.8, 4) is 0 Å². The van der Waals surface area contributed by atoms with E-state index < -0.39 is 0 Å². The van der Waals surface area contributed by atoms with Crippen LogP contribution in [0.3, 0.4) is 0 Å². The molecule has 110 valence electrons. The van der Waals surface area contributed by atoms with Gasteiger partial charge in [0.2, 0.25) is 0 Å². The van der Waals surface area contributed by atoms with Gasteiger partial charge in [-0.3, -0.25) is 0 Å². The van der Waals surface area contributed by atoms with E-state index >= 15 is 0 Å². The molecule has 0 amide bonds. The van der Waals surface area contributed by atoms with Crippen LogP contribution in [0, 0.1) is 10.8 Å². The first-order chi connectivity index (χ1) is 9.60. The summed E-state index contributed by atoms with van der Waals surface area (Å²) in [6, 6.07) is 0. The van der Waals surface area contributed by atoms with Crippen LogP contribution in [0.15, 0.2) is 23.5 Å². The van der Waals surface area contributed by atoms with Gasteiger partial charge in [-0.1, -0.05) is 26.0 Å². The van der Waals surface area contributed by atoms with Crippen LogP contribution in [-0.2, 0) is 0 Å². The van der Waals surface area contributed by atoms with Gasteiger partial charge in [0.25, 0.3) is 0 Å². The Hall–Kier alpha value is -0.920. The third-order valence-electron chi connectivity index (χ3n) is 6.40. The number of likely N-dealkylation sites (tertiary alicyclic amines) is 2. The summed E-state index contributed by atoms with van der Waals surface area (Å²) < 4.78 is 0. The second kappa shape index (κ2) is 4.29. The van der Waals surface area contributed by atoms with Crippen molar-refractivity contribution in [2.75, 3.05) is 26.2 Å². The Bertz CT molecular complexity index is 422. The van der Waals surface area contributed by atoms with E-state index in [9.17, 15) is 0 Å². The number of fused-ring (bicyclic) bond motifs is 1. The first-order valence-electron chi connectivity index (χ1n) is 8.53. The first kappa shape index (κ1) is 12.8. The number of rotatable bonds is 2. The van der Waals surface area contributed by atoms with Crippen LogP contribution in [0.4, 0.5) is 0 Å². The zero-order valence-corrected chi connectivity index (χ0v) is 13.1. The van der Waals surface area contributed by atoms with Gasteiger partial charge in [-0.25, -0.2) is 0 Å². The molecule has 4 rings (SSSR count). The van der Waals surface area contributed by atoms with Crippen molar-refractivity contribution in [3.63, 3.8) is 0 Å². The van der Waals surface area contributed by atoms with Crippen LogP contribution < -0.4 is 0 Å². The molecule has 2 fully saturated rings. The lowest BCUT2D eigenvalue weighted by atomic mass is 9.70. The predicted molar refractivity (Wildman–Crippen MR) is 83.2 cm³/mol. The smallest absolute Gasteiger partial charge is 0.0175 e. The standard InChI is InChI=1S/C18H28N2/c1-17-11-15(19-7-3-4-8-19)13-18(17,2)14-16(12-17)20-9-5-6-10-20/h11,14H,3-10,12-13H2,1-2H3/t17-,18+/m1/s1. The summed E-state index contributed by atoms with van der Waals surface area (Å²) in [7, 11) is 0. The second-order valence-electron chi connectivity index (χ2n) is 7.85. The molecule has 2 nitrogen and oxygen atoms in total. The summed E-state index contributed by atoms with van der Waals surface area (Å²) >= 11 is 0. The fraction of sp³-hybridized carbons (Fsp3) is 0.778. The number of allylic oxidation sites excluding steroid dienone is 4. The molecule has 0 aromatic heterocycles. The molecule has 0 spiro atoms. The van der Waals surface area contributed by atoms with Gasteiger partial charge in [0.15, 0.2) is 0 Å². The zero-order valence-electron chi connectivity index (χ0n) is 13.1. The Morgan fingerprint density at radius 3 is 1.40 bits per heavy atom. The minimum atomic E-state index is 0.364. The number of hydrogen-bond acceptors (Lipinski definition) is 2. The largest absolute Gasteiger partial charge is 0.375 e. The van der Waals surface area contributed by atoms with Gasteiger partial charge in [0, 0.05) is 48.4 Å². The Labute approximate surface area is 123 Å². The molecule has 2 heteroatoms. The first-order valence-corrected chi connectivity index (χ1v) is 8.53. The summed E-state index contributed by atoms with van der Waals surface area (Å²) in [4.78, 5) is 5.30. The van der Waals surface area contributed by atoms with Gasteiger partial charge in [-0.05, 0) is 38.5 Å². The van der Waals surface area contributed by atoms with E-state index in [1.165, 1.54) is 64.7 Å². The van der Waals surface area contributed by atoms with Crippen molar-refractivity contribution < 1.29 is 0 Å². The van der Waals surface area contributed by atoms with E-state index in [4.69, 9.17) is 0 Å². The average Bonchev–Trinajstić information content (AvgIpc) is 3.11. The third kappa shape index (κ3) is 1.76. The quantitative estimate of drug-likeness (QED) is 0.755. The van der Waals surface area contributed by atoms with Gasteiger partial charge in [-0.15, -0.1) is 0 Å². The van der Waals surface area contributed by atoms with Crippen LogP contribution in [0.2, 0.25) is 0 Å². The molecule has 2 aliphatic carbocycles. The maximum atomic E-state index is 2.65. The lowest BCUT2D eigenvalue weighted by Gasteiger charge is -2.33. The minimum absolute atomic E-state index is 0.364. The van der Waals surface area contributed by atoms with Gasteiger partial charge >= 0.3 is 0 Å². The topological polar surface area (TPSA) is 6.48 Å². The van der Waals surface area contributed by atoms with Crippen molar-refractivity contribution in [3.05, 3.63) is 23.5 Å². The molecule has 2 atom stereocenters. The lowest BCUT2D eigenvalue weighted by Crippen LogP contribution is -2.27. The van der Waals surface area contributed by atoms with Gasteiger partial charge in [0.1, 0.15) is 0 Å². The molecular weight excluding hydrogens is 244 g/mol. The Morgan fingerprint density at radius 2 is 1.05 bits per heavy atom. The SMILES string of the molecule is C[C@]12C=C(N3CCCC3)C[C@@]1(C)C=C(N1CCCC1)C2. The molecule has 0 radical (unpaired) electrons. The maximum absolute atomic E-state index is 2.65. The molecule has 4 aliphatic rings. The van der Waals surface area contributed by atoms with Crippen LogP contribution >= 0.6 is 0 Å². The molecule has 2 heterocycles. The fourth-order valence-electron chi connectivity index (χ4n) is 4.84. The fourth-order valence-corrected chi connectivity index (χ4v) is 4.84. The van der Waals surface area contributed by atoms with E-state index in [0.29, 0.717) is 10.8 Å². The molecule has 20 heavy (non-hydrogen) atoms. The van der Waals surface area contributed by atoms with Crippen molar-refractivity contribution in [2.45, 2.75) is 52.4 Å². The van der Waals surface area contributed by atoms with Crippen LogP contribution in [-0.4, -0.2) is 36.0 Å². The Morgan fingerprint density at radius 1 is 0.700 bits per heavy atom. The van der Waals surface area contributed by atoms with Crippen molar-refractivity contribution in [2.24, 2.45) is 10.8 Å². The molecule has 0 N–H and O–H groups in total. The molecule has 2 aliphatic heterocycles. The van der Waals surface area contributed by atoms with E-state index in [1.807, 2.05) is 0 Å². The highest BCUT2D eigenvalue weighted by molar-refractivity contribution is 5.36. The average molecular weight is 272 g/mol.